The molecule has 0 bridgehead atoms. The standard InChI is InChI=1S/C19H18Cl2O3/c1-11-6-13(3)16(7-12(11)2)18(22)10-24-19(23)8-14-4-5-15(20)9-17(14)21/h4-7,9H,8,10H2,1-3H3. The molecule has 0 aliphatic carbocycles. The number of ether oxygens (including phenoxy) is 1. The summed E-state index contributed by atoms with van der Waals surface area (Å²) in [5, 5.41) is 0.897. The quantitative estimate of drug-likeness (QED) is 0.560. The molecule has 2 aromatic rings. The van der Waals surface area contributed by atoms with Crippen LogP contribution in [0.25, 0.3) is 0 Å². The fourth-order valence-electron chi connectivity index (χ4n) is 2.36. The van der Waals surface area contributed by atoms with E-state index in [2.05, 4.69) is 0 Å². The lowest BCUT2D eigenvalue weighted by atomic mass is 9.98. The van der Waals surface area contributed by atoms with Crippen LogP contribution in [0.4, 0.5) is 0 Å². The van der Waals surface area contributed by atoms with Crippen molar-refractivity contribution >= 4 is 35.0 Å². The van der Waals surface area contributed by atoms with Crippen LogP contribution >= 0.6 is 23.2 Å². The van der Waals surface area contributed by atoms with Crippen molar-refractivity contribution in [2.24, 2.45) is 0 Å². The maximum atomic E-state index is 12.3. The third-order valence-electron chi connectivity index (χ3n) is 3.86. The Bertz CT molecular complexity index is 797. The van der Waals surface area contributed by atoms with Gasteiger partial charge in [-0.25, -0.2) is 0 Å². The molecular weight excluding hydrogens is 347 g/mol. The van der Waals surface area contributed by atoms with Crippen LogP contribution in [0.3, 0.4) is 0 Å². The van der Waals surface area contributed by atoms with Crippen LogP contribution in [0.5, 0.6) is 0 Å². The highest BCUT2D eigenvalue weighted by atomic mass is 35.5. The van der Waals surface area contributed by atoms with Gasteiger partial charge < -0.3 is 4.74 Å². The molecule has 0 aliphatic rings. The number of ketones is 1. The molecule has 2 aromatic carbocycles. The molecule has 0 N–H and O–H groups in total. The van der Waals surface area contributed by atoms with Gasteiger partial charge in [-0.1, -0.05) is 35.3 Å². The first-order chi connectivity index (χ1) is 11.3. The van der Waals surface area contributed by atoms with Gasteiger partial charge in [0, 0.05) is 15.6 Å². The van der Waals surface area contributed by atoms with E-state index in [4.69, 9.17) is 27.9 Å². The highest BCUT2D eigenvalue weighted by Gasteiger charge is 2.14. The minimum absolute atomic E-state index is 0.00477. The van der Waals surface area contributed by atoms with E-state index in [9.17, 15) is 9.59 Å². The SMILES string of the molecule is Cc1cc(C)c(C(=O)COC(=O)Cc2ccc(Cl)cc2Cl)cc1C. The predicted molar refractivity (Wildman–Crippen MR) is 96.1 cm³/mol. The lowest BCUT2D eigenvalue weighted by molar-refractivity contribution is -0.141. The molecule has 0 heterocycles. The number of carbonyl (C=O) groups is 2. The zero-order chi connectivity index (χ0) is 17.9. The molecule has 0 fully saturated rings. The fourth-order valence-corrected chi connectivity index (χ4v) is 2.83. The van der Waals surface area contributed by atoms with Gasteiger partial charge in [-0.2, -0.15) is 0 Å². The second-order valence-electron chi connectivity index (χ2n) is 5.75. The van der Waals surface area contributed by atoms with E-state index in [1.165, 1.54) is 0 Å². The summed E-state index contributed by atoms with van der Waals surface area (Å²) in [6.45, 7) is 5.52. The van der Waals surface area contributed by atoms with Gasteiger partial charge >= 0.3 is 5.97 Å². The van der Waals surface area contributed by atoms with Gasteiger partial charge in [0.15, 0.2) is 6.61 Å². The molecule has 0 aromatic heterocycles. The third-order valence-corrected chi connectivity index (χ3v) is 4.44. The monoisotopic (exact) mass is 364 g/mol. The number of rotatable bonds is 5. The number of halogens is 2. The normalized spacial score (nSPS) is 10.5. The Hall–Kier alpha value is -1.84. The highest BCUT2D eigenvalue weighted by molar-refractivity contribution is 6.35. The predicted octanol–water partition coefficient (Wildman–Crippen LogP) is 4.89. The molecular formula is C19H18Cl2O3. The first kappa shape index (κ1) is 18.5. The Kier molecular flexibility index (Phi) is 6.03. The maximum absolute atomic E-state index is 12.3. The fraction of sp³-hybridized carbons (Fsp3) is 0.263. The molecule has 5 heteroatoms. The summed E-state index contributed by atoms with van der Waals surface area (Å²) in [5.74, 6) is -0.722. The van der Waals surface area contributed by atoms with Crippen molar-refractivity contribution in [1.29, 1.82) is 0 Å². The summed E-state index contributed by atoms with van der Waals surface area (Å²) < 4.78 is 5.09. The van der Waals surface area contributed by atoms with Crippen LogP contribution < -0.4 is 0 Å². The number of carbonyl (C=O) groups excluding carboxylic acids is 2. The molecule has 0 spiro atoms. The van der Waals surface area contributed by atoms with Crippen molar-refractivity contribution in [3.63, 3.8) is 0 Å². The first-order valence-electron chi connectivity index (χ1n) is 7.48. The zero-order valence-corrected chi connectivity index (χ0v) is 15.3. The van der Waals surface area contributed by atoms with Gasteiger partial charge in [-0.15, -0.1) is 0 Å². The van der Waals surface area contributed by atoms with Gasteiger partial charge in [-0.05, 0) is 61.2 Å². The van der Waals surface area contributed by atoms with Gasteiger partial charge in [0.2, 0.25) is 5.78 Å². The van der Waals surface area contributed by atoms with Gasteiger partial charge in [-0.3, -0.25) is 9.59 Å². The average molecular weight is 365 g/mol. The van der Waals surface area contributed by atoms with Gasteiger partial charge in [0.1, 0.15) is 0 Å². The third kappa shape index (κ3) is 4.59. The largest absolute Gasteiger partial charge is 0.457 e. The molecule has 3 nitrogen and oxygen atoms in total. The molecule has 2 rings (SSSR count). The van der Waals surface area contributed by atoms with Crippen LogP contribution in [0.2, 0.25) is 10.0 Å². The lowest BCUT2D eigenvalue weighted by Crippen LogP contribution is -2.17. The Morgan fingerprint density at radius 3 is 2.29 bits per heavy atom. The lowest BCUT2D eigenvalue weighted by Gasteiger charge is -2.10. The topological polar surface area (TPSA) is 43.4 Å². The van der Waals surface area contributed by atoms with Crippen LogP contribution in [-0.4, -0.2) is 18.4 Å². The Morgan fingerprint density at radius 1 is 0.958 bits per heavy atom. The molecule has 126 valence electrons. The van der Waals surface area contributed by atoms with E-state index in [1.807, 2.05) is 32.9 Å². The highest BCUT2D eigenvalue weighted by Crippen LogP contribution is 2.21. The summed E-state index contributed by atoms with van der Waals surface area (Å²) in [4.78, 5) is 24.2. The number of Topliss-reactive ketones (excluding diaryl/α,β-unsaturated/α-hetero) is 1. The summed E-state index contributed by atoms with van der Waals surface area (Å²) >= 11 is 11.8. The Balaban J connectivity index is 1.99. The number of benzene rings is 2. The maximum Gasteiger partial charge on any atom is 0.310 e. The van der Waals surface area contributed by atoms with Crippen LogP contribution in [-0.2, 0) is 16.0 Å². The number of hydrogen-bond acceptors (Lipinski definition) is 3. The van der Waals surface area contributed by atoms with Crippen molar-refractivity contribution < 1.29 is 14.3 Å². The number of aryl methyl sites for hydroxylation is 3. The van der Waals surface area contributed by atoms with Crippen molar-refractivity contribution in [1.82, 2.24) is 0 Å². The molecule has 0 amide bonds. The van der Waals surface area contributed by atoms with Crippen molar-refractivity contribution in [3.8, 4) is 0 Å². The molecule has 0 saturated carbocycles. The minimum Gasteiger partial charge on any atom is -0.457 e. The minimum atomic E-state index is -0.506. The number of hydrogen-bond donors (Lipinski definition) is 0. The van der Waals surface area contributed by atoms with E-state index >= 15 is 0 Å². The van der Waals surface area contributed by atoms with Crippen molar-refractivity contribution in [3.05, 3.63) is 68.2 Å². The summed E-state index contributed by atoms with van der Waals surface area (Å²) in [6.07, 6.45) is -0.00477. The van der Waals surface area contributed by atoms with Crippen molar-refractivity contribution in [2.75, 3.05) is 6.61 Å². The average Bonchev–Trinajstić information content (AvgIpc) is 2.51. The van der Waals surface area contributed by atoms with E-state index < -0.39 is 5.97 Å². The van der Waals surface area contributed by atoms with E-state index in [0.717, 1.165) is 16.7 Å². The van der Waals surface area contributed by atoms with Gasteiger partial charge in [0.25, 0.3) is 0 Å². The van der Waals surface area contributed by atoms with Crippen LogP contribution in [0, 0.1) is 20.8 Å². The second-order valence-corrected chi connectivity index (χ2v) is 6.59. The zero-order valence-electron chi connectivity index (χ0n) is 13.8. The van der Waals surface area contributed by atoms with E-state index in [-0.39, 0.29) is 18.8 Å². The molecule has 0 atom stereocenters. The Morgan fingerprint density at radius 2 is 1.62 bits per heavy atom. The van der Waals surface area contributed by atoms with E-state index in [1.54, 1.807) is 18.2 Å². The molecule has 0 aliphatic heterocycles. The van der Waals surface area contributed by atoms with Crippen LogP contribution in [0.15, 0.2) is 30.3 Å². The summed E-state index contributed by atoms with van der Waals surface area (Å²) in [7, 11) is 0. The summed E-state index contributed by atoms with van der Waals surface area (Å²) in [5.41, 5.74) is 4.22. The van der Waals surface area contributed by atoms with Crippen LogP contribution in [0.1, 0.15) is 32.6 Å². The second kappa shape index (κ2) is 7.82. The first-order valence-corrected chi connectivity index (χ1v) is 8.24. The smallest absolute Gasteiger partial charge is 0.310 e. The molecule has 0 saturated heterocycles. The molecule has 24 heavy (non-hydrogen) atoms. The number of esters is 1. The van der Waals surface area contributed by atoms with Crippen molar-refractivity contribution in [2.45, 2.75) is 27.2 Å². The molecule has 0 unspecified atom stereocenters. The van der Waals surface area contributed by atoms with Gasteiger partial charge in [0.05, 0.1) is 6.42 Å². The molecule has 0 radical (unpaired) electrons. The summed E-state index contributed by atoms with van der Waals surface area (Å²) in [6, 6.07) is 8.67. The Labute approximate surface area is 151 Å². The van der Waals surface area contributed by atoms with E-state index in [0.29, 0.717) is 21.2 Å².